The number of pyridine rings is 1. The molecule has 0 radical (unpaired) electrons. The number of hydrogen-bond donors (Lipinski definition) is 5. The smallest absolute Gasteiger partial charge is 0.251 e. The Balaban J connectivity index is 1.30. The van der Waals surface area contributed by atoms with Gasteiger partial charge >= 0.3 is 0 Å². The van der Waals surface area contributed by atoms with E-state index in [0.717, 1.165) is 16.7 Å². The summed E-state index contributed by atoms with van der Waals surface area (Å²) in [6.07, 6.45) is 3.49. The zero-order valence-corrected chi connectivity index (χ0v) is 23.5. The number of nitrogens with one attached hydrogen (secondary N) is 4. The normalized spacial score (nSPS) is 10.7. The molecule has 2 aromatic heterocycles. The molecule has 0 spiro atoms. The van der Waals surface area contributed by atoms with Crippen LogP contribution in [0.3, 0.4) is 0 Å². The second-order valence-electron chi connectivity index (χ2n) is 9.17. The van der Waals surface area contributed by atoms with Crippen molar-refractivity contribution in [1.29, 1.82) is 0 Å². The molecule has 2 aromatic carbocycles. The van der Waals surface area contributed by atoms with Crippen LogP contribution in [0.2, 0.25) is 0 Å². The van der Waals surface area contributed by atoms with E-state index >= 15 is 0 Å². The molecule has 4 aromatic rings. The fraction of sp³-hybridized carbons (Fsp3) is 0.300. The van der Waals surface area contributed by atoms with E-state index in [1.54, 1.807) is 24.5 Å². The van der Waals surface area contributed by atoms with Crippen LogP contribution in [0.15, 0.2) is 79.1 Å². The molecule has 0 aliphatic rings. The van der Waals surface area contributed by atoms with Gasteiger partial charge in [-0.25, -0.2) is 0 Å². The number of carbonyl (C=O) groups is 1. The number of amides is 1. The minimum Gasteiger partial charge on any atom is -0.378 e. The monoisotopic (exact) mass is 571 g/mol. The highest BCUT2D eigenvalue weighted by Crippen LogP contribution is 2.14. The number of anilines is 3. The highest BCUT2D eigenvalue weighted by molar-refractivity contribution is 5.94. The lowest BCUT2D eigenvalue weighted by molar-refractivity contribution is 0.0511. The van der Waals surface area contributed by atoms with Crippen molar-refractivity contribution in [2.45, 2.75) is 19.6 Å². The first-order valence-corrected chi connectivity index (χ1v) is 13.8. The van der Waals surface area contributed by atoms with E-state index in [1.165, 1.54) is 0 Å². The third-order valence-corrected chi connectivity index (χ3v) is 5.96. The summed E-state index contributed by atoms with van der Waals surface area (Å²) < 4.78 is 10.7. The molecule has 12 heteroatoms. The van der Waals surface area contributed by atoms with Gasteiger partial charge in [0, 0.05) is 50.7 Å². The van der Waals surface area contributed by atoms with Gasteiger partial charge < -0.3 is 36.5 Å². The standard InChI is InChI=1S/C30H37N9O3/c31-12-16-41-18-19-42-17-15-33-27(40)26-8-6-24(7-9-26)21-35-29-37-28(34-20-23-4-2-1-3-5-23)38-30(39-29)36-22-25-10-13-32-14-11-25/h1-11,13-14H,12,15-22,31H2,(H,33,40)(H3,34,35,36,37,38,39). The van der Waals surface area contributed by atoms with E-state index < -0.39 is 0 Å². The average Bonchev–Trinajstić information content (AvgIpc) is 3.04. The van der Waals surface area contributed by atoms with E-state index in [-0.39, 0.29) is 5.91 Å². The van der Waals surface area contributed by atoms with Gasteiger partial charge in [0.2, 0.25) is 17.8 Å². The number of carbonyl (C=O) groups excluding carboxylic acids is 1. The van der Waals surface area contributed by atoms with Crippen LogP contribution in [0.25, 0.3) is 0 Å². The van der Waals surface area contributed by atoms with Gasteiger partial charge in [0.15, 0.2) is 0 Å². The molecule has 4 rings (SSSR count). The van der Waals surface area contributed by atoms with Crippen LogP contribution in [0, 0.1) is 0 Å². The van der Waals surface area contributed by atoms with Crippen LogP contribution in [-0.2, 0) is 29.1 Å². The Morgan fingerprint density at radius 1 is 0.643 bits per heavy atom. The van der Waals surface area contributed by atoms with E-state index in [0.29, 0.717) is 82.6 Å². The largest absolute Gasteiger partial charge is 0.378 e. The van der Waals surface area contributed by atoms with Crippen molar-refractivity contribution in [3.63, 3.8) is 0 Å². The van der Waals surface area contributed by atoms with E-state index in [1.807, 2.05) is 54.6 Å². The van der Waals surface area contributed by atoms with Crippen LogP contribution < -0.4 is 27.0 Å². The lowest BCUT2D eigenvalue weighted by Gasteiger charge is -2.12. The van der Waals surface area contributed by atoms with E-state index in [2.05, 4.69) is 41.2 Å². The zero-order chi connectivity index (χ0) is 29.2. The summed E-state index contributed by atoms with van der Waals surface area (Å²) in [5.74, 6) is 1.16. The third-order valence-electron chi connectivity index (χ3n) is 5.96. The Bertz CT molecular complexity index is 1280. The molecule has 12 nitrogen and oxygen atoms in total. The maximum atomic E-state index is 12.4. The molecule has 0 fully saturated rings. The minimum absolute atomic E-state index is 0.158. The minimum atomic E-state index is -0.158. The van der Waals surface area contributed by atoms with Gasteiger partial charge in [0.25, 0.3) is 5.91 Å². The topological polar surface area (TPSA) is 161 Å². The lowest BCUT2D eigenvalue weighted by Crippen LogP contribution is -2.27. The number of benzene rings is 2. The molecule has 42 heavy (non-hydrogen) atoms. The second kappa shape index (κ2) is 17.2. The number of hydrogen-bond acceptors (Lipinski definition) is 11. The summed E-state index contributed by atoms with van der Waals surface area (Å²) in [6, 6.07) is 21.3. The summed E-state index contributed by atoms with van der Waals surface area (Å²) in [7, 11) is 0. The van der Waals surface area contributed by atoms with Crippen molar-refractivity contribution >= 4 is 23.8 Å². The van der Waals surface area contributed by atoms with Crippen molar-refractivity contribution in [2.24, 2.45) is 5.73 Å². The molecule has 0 aliphatic heterocycles. The summed E-state index contributed by atoms with van der Waals surface area (Å²) >= 11 is 0. The van der Waals surface area contributed by atoms with Crippen LogP contribution in [0.1, 0.15) is 27.0 Å². The molecule has 2 heterocycles. The highest BCUT2D eigenvalue weighted by atomic mass is 16.5. The third kappa shape index (κ3) is 10.7. The van der Waals surface area contributed by atoms with Crippen LogP contribution in [0.4, 0.5) is 17.8 Å². The van der Waals surface area contributed by atoms with Crippen molar-refractivity contribution in [3.8, 4) is 0 Å². The summed E-state index contributed by atoms with van der Waals surface area (Å²) in [6.45, 7) is 4.36. The van der Waals surface area contributed by atoms with E-state index in [9.17, 15) is 4.79 Å². The number of ether oxygens (including phenoxy) is 2. The van der Waals surface area contributed by atoms with Gasteiger partial charge in [0.1, 0.15) is 0 Å². The van der Waals surface area contributed by atoms with Crippen molar-refractivity contribution in [2.75, 3.05) is 55.5 Å². The Morgan fingerprint density at radius 2 is 1.17 bits per heavy atom. The van der Waals surface area contributed by atoms with Crippen LogP contribution in [-0.4, -0.2) is 65.4 Å². The van der Waals surface area contributed by atoms with Crippen molar-refractivity contribution < 1.29 is 14.3 Å². The van der Waals surface area contributed by atoms with Gasteiger partial charge in [-0.3, -0.25) is 9.78 Å². The zero-order valence-electron chi connectivity index (χ0n) is 23.5. The predicted octanol–water partition coefficient (Wildman–Crippen LogP) is 2.82. The average molecular weight is 572 g/mol. The van der Waals surface area contributed by atoms with Crippen LogP contribution in [0.5, 0.6) is 0 Å². The van der Waals surface area contributed by atoms with E-state index in [4.69, 9.17) is 15.2 Å². The fourth-order valence-corrected chi connectivity index (χ4v) is 3.77. The van der Waals surface area contributed by atoms with Gasteiger partial charge in [-0.05, 0) is 41.0 Å². The maximum Gasteiger partial charge on any atom is 0.251 e. The Morgan fingerprint density at radius 3 is 1.74 bits per heavy atom. The Hall–Kier alpha value is -4.65. The number of nitrogens with two attached hydrogens (primary N) is 1. The predicted molar refractivity (Wildman–Crippen MR) is 162 cm³/mol. The quantitative estimate of drug-likeness (QED) is 0.112. The first-order valence-electron chi connectivity index (χ1n) is 13.8. The maximum absolute atomic E-state index is 12.4. The fourth-order valence-electron chi connectivity index (χ4n) is 3.77. The van der Waals surface area contributed by atoms with Crippen LogP contribution >= 0.6 is 0 Å². The summed E-state index contributed by atoms with van der Waals surface area (Å²) in [5.41, 5.74) is 9.08. The van der Waals surface area contributed by atoms with Gasteiger partial charge in [-0.15, -0.1) is 0 Å². The van der Waals surface area contributed by atoms with Gasteiger partial charge in [-0.2, -0.15) is 15.0 Å². The first-order chi connectivity index (χ1) is 20.7. The molecule has 0 unspecified atom stereocenters. The van der Waals surface area contributed by atoms with Gasteiger partial charge in [-0.1, -0.05) is 42.5 Å². The molecule has 0 saturated heterocycles. The lowest BCUT2D eigenvalue weighted by atomic mass is 10.1. The Kier molecular flexibility index (Phi) is 12.4. The molecule has 0 aliphatic carbocycles. The molecule has 0 atom stereocenters. The molecule has 0 bridgehead atoms. The first kappa shape index (κ1) is 30.3. The summed E-state index contributed by atoms with van der Waals surface area (Å²) in [4.78, 5) is 30.1. The number of aromatic nitrogens is 4. The SMILES string of the molecule is NCCOCCOCCNC(=O)c1ccc(CNc2nc(NCc3ccccc3)nc(NCc3ccncc3)n2)cc1. The van der Waals surface area contributed by atoms with Crippen molar-refractivity contribution in [1.82, 2.24) is 25.3 Å². The second-order valence-corrected chi connectivity index (χ2v) is 9.17. The van der Waals surface area contributed by atoms with Crippen molar-refractivity contribution in [3.05, 3.63) is 101 Å². The summed E-state index contributed by atoms with van der Waals surface area (Å²) in [5, 5.41) is 12.7. The number of rotatable bonds is 18. The molecule has 0 saturated carbocycles. The number of nitrogens with zero attached hydrogens (tertiary/aromatic N) is 4. The molecule has 1 amide bonds. The Labute approximate surface area is 245 Å². The molecular weight excluding hydrogens is 534 g/mol. The molecular formula is C30H37N9O3. The van der Waals surface area contributed by atoms with Gasteiger partial charge in [0.05, 0.1) is 26.4 Å². The molecule has 6 N–H and O–H groups in total. The highest BCUT2D eigenvalue weighted by Gasteiger charge is 2.09. The molecule has 220 valence electrons.